The Bertz CT molecular complexity index is 4440. The first-order valence-corrected chi connectivity index (χ1v) is 31.1. The second kappa shape index (κ2) is 17.0. The van der Waals surface area contributed by atoms with Gasteiger partial charge < -0.3 is 14.7 Å². The molecule has 0 spiro atoms. The van der Waals surface area contributed by atoms with Gasteiger partial charge in [-0.25, -0.2) is 0 Å². The van der Waals surface area contributed by atoms with Gasteiger partial charge in [-0.3, -0.25) is 0 Å². The van der Waals surface area contributed by atoms with Gasteiger partial charge in [0.1, 0.15) is 0 Å². The minimum Gasteiger partial charge on any atom is -0.334 e. The van der Waals surface area contributed by atoms with Crippen LogP contribution in [0.5, 0.6) is 0 Å². The van der Waals surface area contributed by atoms with E-state index in [1.807, 2.05) is 0 Å². The van der Waals surface area contributed by atoms with Gasteiger partial charge in [-0.2, -0.15) is 0 Å². The summed E-state index contributed by atoms with van der Waals surface area (Å²) in [4.78, 5) is 8.27. The van der Waals surface area contributed by atoms with Crippen molar-refractivity contribution in [3.63, 3.8) is 0 Å². The van der Waals surface area contributed by atoms with Crippen LogP contribution in [-0.4, -0.2) is 12.3 Å². The van der Waals surface area contributed by atoms with Crippen molar-refractivity contribution in [3.05, 3.63) is 293 Å². The van der Waals surface area contributed by atoms with Gasteiger partial charge in [-0.1, -0.05) is 229 Å². The molecule has 0 N–H and O–H groups in total. The number of hydrogen-bond acceptors (Lipinski definition) is 3. The monoisotopic (exact) mass is 1090 g/mol. The van der Waals surface area contributed by atoms with Crippen LogP contribution in [0.2, 0.25) is 0 Å². The maximum Gasteiger partial charge on any atom is 0.253 e. The Morgan fingerprint density at radius 3 is 1.33 bits per heavy atom. The van der Waals surface area contributed by atoms with E-state index in [4.69, 9.17) is 0 Å². The van der Waals surface area contributed by atoms with E-state index in [2.05, 4.69) is 299 Å². The molecule has 2 atom stereocenters. The van der Waals surface area contributed by atoms with Crippen molar-refractivity contribution in [2.45, 2.75) is 94.4 Å². The lowest BCUT2D eigenvalue weighted by Crippen LogP contribution is -2.68. The van der Waals surface area contributed by atoms with Gasteiger partial charge in [0.2, 0.25) is 0 Å². The van der Waals surface area contributed by atoms with Gasteiger partial charge in [0.05, 0.1) is 11.0 Å². The van der Waals surface area contributed by atoms with E-state index >= 15 is 0 Å². The van der Waals surface area contributed by atoms with Crippen molar-refractivity contribution in [1.29, 1.82) is 0 Å². The van der Waals surface area contributed by atoms with Crippen LogP contribution in [0, 0.1) is 0 Å². The molecule has 0 bridgehead atoms. The van der Waals surface area contributed by atoms with Gasteiger partial charge in [0, 0.05) is 61.7 Å². The molecule has 3 nitrogen and oxygen atoms in total. The Hall–Kier alpha value is -9.12. The summed E-state index contributed by atoms with van der Waals surface area (Å²) >= 11 is 0. The minimum atomic E-state index is -0.650. The lowest BCUT2D eigenvalue weighted by atomic mass is 9.28. The lowest BCUT2D eigenvalue weighted by molar-refractivity contribution is 0.195. The molecule has 2 unspecified atom stereocenters. The van der Waals surface area contributed by atoms with Gasteiger partial charge in [0.25, 0.3) is 6.71 Å². The molecular formula is C81H66BN3. The van der Waals surface area contributed by atoms with Crippen LogP contribution in [0.1, 0.15) is 117 Å². The molecule has 11 aromatic carbocycles. The fraction of sp³-hybridized carbons (Fsp3) is 0.185. The van der Waals surface area contributed by atoms with Crippen LogP contribution in [-0.2, 0) is 21.7 Å². The maximum absolute atomic E-state index is 2.84. The number of benzene rings is 11. The van der Waals surface area contributed by atoms with Gasteiger partial charge in [0.15, 0.2) is 0 Å². The average molecular weight is 1090 g/mol. The second-order valence-electron chi connectivity index (χ2n) is 27.0. The van der Waals surface area contributed by atoms with Crippen LogP contribution in [0.3, 0.4) is 0 Å². The molecule has 4 heteroatoms. The number of anilines is 8. The second-order valence-corrected chi connectivity index (χ2v) is 27.0. The van der Waals surface area contributed by atoms with E-state index in [0.717, 1.165) is 12.8 Å². The van der Waals surface area contributed by atoms with E-state index in [-0.39, 0.29) is 28.5 Å². The van der Waals surface area contributed by atoms with Crippen LogP contribution >= 0.6 is 0 Å². The normalized spacial score (nSPS) is 20.2. The molecule has 408 valence electrons. The Labute approximate surface area is 501 Å². The van der Waals surface area contributed by atoms with Gasteiger partial charge in [-0.05, 0) is 180 Å². The van der Waals surface area contributed by atoms with Crippen molar-refractivity contribution >= 4 is 68.6 Å². The predicted octanol–water partition coefficient (Wildman–Crippen LogP) is 18.5. The number of fused-ring (bicyclic) bond motifs is 9. The topological polar surface area (TPSA) is 9.72 Å². The third-order valence-corrected chi connectivity index (χ3v) is 22.5. The van der Waals surface area contributed by atoms with Crippen LogP contribution in [0.25, 0.3) is 33.4 Å². The largest absolute Gasteiger partial charge is 0.334 e. The molecule has 0 amide bonds. The van der Waals surface area contributed by atoms with Crippen molar-refractivity contribution < 1.29 is 0 Å². The fourth-order valence-electron chi connectivity index (χ4n) is 18.3. The third-order valence-electron chi connectivity index (χ3n) is 22.5. The summed E-state index contributed by atoms with van der Waals surface area (Å²) in [6, 6.07) is 94.3. The molecule has 85 heavy (non-hydrogen) atoms. The zero-order valence-corrected chi connectivity index (χ0v) is 49.3. The van der Waals surface area contributed by atoms with Gasteiger partial charge in [-0.15, -0.1) is 0 Å². The maximum atomic E-state index is 2.84. The van der Waals surface area contributed by atoms with Crippen LogP contribution < -0.4 is 31.1 Å². The Balaban J connectivity index is 0.978. The zero-order chi connectivity index (χ0) is 56.9. The molecule has 1 fully saturated rings. The van der Waals surface area contributed by atoms with E-state index < -0.39 is 5.41 Å². The highest BCUT2D eigenvalue weighted by molar-refractivity contribution is 7.01. The smallest absolute Gasteiger partial charge is 0.253 e. The molecule has 7 aliphatic rings. The quantitative estimate of drug-likeness (QED) is 0.154. The molecule has 0 radical (unpaired) electrons. The van der Waals surface area contributed by atoms with Crippen molar-refractivity contribution in [2.75, 3.05) is 14.7 Å². The number of rotatable bonds is 6. The molecule has 1 saturated carbocycles. The standard InChI is InChI=1S/C81H66BN3/c1-77(2)62-32-18-16-30-58(62)60-41-39-55(47-66(60)77)83-70-36-22-34-64-74(70)82-75-65(81(64,53-26-12-8-13-27-53)54-28-14-9-15-29-54)35-23-37-71(75)84(56-40-42-61-59-31-17-19-33-63(59)78(3,4)67(61)48-56)73-50-57(49-72(83)76(73)82)85-69-43-38-52(51-24-10-7-11-25-51)46-68(69)79(5)44-20-21-45-80(79,85)6/h7-19,22-43,46-50H,20-21,44-45H2,1-6H3. The minimum absolute atomic E-state index is 0.0652. The Morgan fingerprint density at radius 1 is 0.318 bits per heavy atom. The highest BCUT2D eigenvalue weighted by atomic mass is 15.3. The van der Waals surface area contributed by atoms with Crippen LogP contribution in [0.4, 0.5) is 45.5 Å². The summed E-state index contributed by atoms with van der Waals surface area (Å²) < 4.78 is 0. The van der Waals surface area contributed by atoms with Crippen molar-refractivity contribution in [3.8, 4) is 33.4 Å². The predicted molar refractivity (Wildman–Crippen MR) is 356 cm³/mol. The van der Waals surface area contributed by atoms with Gasteiger partial charge >= 0.3 is 0 Å². The van der Waals surface area contributed by atoms with E-state index in [1.165, 1.54) is 158 Å². The number of nitrogens with zero attached hydrogens (tertiary/aromatic N) is 3. The third kappa shape index (κ3) is 6.17. The SMILES string of the molecule is CC1(C)c2ccccc2-c2ccc(N3c4cc(N5c6ccc(-c7ccccc7)cc6C6(C)CCCCC56C)cc5c4B4c6c3cccc6C(c3ccccc3)(c3ccccc3)c3cccc(c34)N5c3ccc4c(c3)C(C)(C)c3ccccc3-4)cc21. The molecule has 0 saturated heterocycles. The molecule has 11 aromatic rings. The lowest BCUT2D eigenvalue weighted by Gasteiger charge is -2.53. The molecule has 4 aliphatic heterocycles. The average Bonchev–Trinajstić information content (AvgIpc) is 1.27. The van der Waals surface area contributed by atoms with E-state index in [0.29, 0.717) is 0 Å². The van der Waals surface area contributed by atoms with Crippen LogP contribution in [0.15, 0.2) is 243 Å². The molecule has 18 rings (SSSR count). The Kier molecular flexibility index (Phi) is 9.89. The summed E-state index contributed by atoms with van der Waals surface area (Å²) in [5, 5.41) is 0. The zero-order valence-electron chi connectivity index (χ0n) is 49.3. The summed E-state index contributed by atoms with van der Waals surface area (Å²) in [7, 11) is 0. The molecular weight excluding hydrogens is 1030 g/mol. The highest BCUT2D eigenvalue weighted by Gasteiger charge is 2.60. The first-order valence-electron chi connectivity index (χ1n) is 31.1. The summed E-state index contributed by atoms with van der Waals surface area (Å²) in [6.45, 7) is 14.8. The Morgan fingerprint density at radius 2 is 0.788 bits per heavy atom. The van der Waals surface area contributed by atoms with Crippen molar-refractivity contribution in [2.24, 2.45) is 0 Å². The fourth-order valence-corrected chi connectivity index (χ4v) is 18.3. The summed E-state index contributed by atoms with van der Waals surface area (Å²) in [6.07, 6.45) is 4.65. The highest BCUT2D eigenvalue weighted by Crippen LogP contribution is 2.64. The number of hydrogen-bond donors (Lipinski definition) is 0. The first kappa shape index (κ1) is 49.3. The molecule has 0 aromatic heterocycles. The van der Waals surface area contributed by atoms with E-state index in [1.54, 1.807) is 0 Å². The molecule has 3 aliphatic carbocycles. The first-order chi connectivity index (χ1) is 41.4. The van der Waals surface area contributed by atoms with Crippen molar-refractivity contribution in [1.82, 2.24) is 0 Å². The molecule has 4 heterocycles. The van der Waals surface area contributed by atoms with E-state index in [9.17, 15) is 0 Å². The summed E-state index contributed by atoms with van der Waals surface area (Å²) in [5.41, 5.74) is 32.8. The summed E-state index contributed by atoms with van der Waals surface area (Å²) in [5.74, 6) is 0.